The molecular weight excluding hydrogens is 108 g/mol. The standard InChI is InChI=1S/C3H6O2.C2H6O/c1-2-5-3-4-1;1-3-2/h1-3H2;1-2H3. The number of rotatable bonds is 0. The first-order valence-electron chi connectivity index (χ1n) is 2.47. The highest BCUT2D eigenvalue weighted by Gasteiger charge is 1.93. The lowest BCUT2D eigenvalue weighted by Crippen LogP contribution is -1.79. The van der Waals surface area contributed by atoms with E-state index < -0.39 is 0 Å². The molecule has 0 aromatic heterocycles. The molecule has 0 atom stereocenters. The first-order valence-corrected chi connectivity index (χ1v) is 2.47. The van der Waals surface area contributed by atoms with Crippen LogP contribution in [0.4, 0.5) is 0 Å². The van der Waals surface area contributed by atoms with Crippen LogP contribution < -0.4 is 0 Å². The summed E-state index contributed by atoms with van der Waals surface area (Å²) in [5.74, 6) is 0. The molecule has 0 saturated carbocycles. The van der Waals surface area contributed by atoms with Crippen LogP contribution in [0.3, 0.4) is 0 Å². The van der Waals surface area contributed by atoms with E-state index in [1.54, 1.807) is 14.2 Å². The summed E-state index contributed by atoms with van der Waals surface area (Å²) in [6, 6.07) is 0. The van der Waals surface area contributed by atoms with E-state index in [4.69, 9.17) is 9.47 Å². The third-order valence-electron chi connectivity index (χ3n) is 0.539. The smallest absolute Gasteiger partial charge is 0.146 e. The fourth-order valence-corrected chi connectivity index (χ4v) is 0.295. The summed E-state index contributed by atoms with van der Waals surface area (Å²) in [6.07, 6.45) is 0. The number of ether oxygens (including phenoxy) is 3. The van der Waals surface area contributed by atoms with Gasteiger partial charge in [-0.15, -0.1) is 0 Å². The van der Waals surface area contributed by atoms with Crippen LogP contribution in [0.2, 0.25) is 0 Å². The maximum atomic E-state index is 4.72. The van der Waals surface area contributed by atoms with Crippen molar-refractivity contribution >= 4 is 0 Å². The average Bonchev–Trinajstić information content (AvgIpc) is 2.17. The monoisotopic (exact) mass is 120 g/mol. The van der Waals surface area contributed by atoms with Crippen molar-refractivity contribution in [3.05, 3.63) is 0 Å². The molecule has 0 amide bonds. The molecule has 0 bridgehead atoms. The first kappa shape index (κ1) is 7.88. The highest BCUT2D eigenvalue weighted by atomic mass is 16.7. The Balaban J connectivity index is 0.000000145. The van der Waals surface area contributed by atoms with Crippen LogP contribution in [-0.2, 0) is 14.2 Å². The molecule has 0 N–H and O–H groups in total. The van der Waals surface area contributed by atoms with Crippen LogP contribution in [0.1, 0.15) is 0 Å². The molecule has 0 aliphatic carbocycles. The van der Waals surface area contributed by atoms with Crippen LogP contribution in [0.15, 0.2) is 0 Å². The molecule has 0 radical (unpaired) electrons. The van der Waals surface area contributed by atoms with Gasteiger partial charge in [0.1, 0.15) is 6.79 Å². The second-order valence-corrected chi connectivity index (χ2v) is 1.34. The van der Waals surface area contributed by atoms with Gasteiger partial charge in [0, 0.05) is 14.2 Å². The van der Waals surface area contributed by atoms with E-state index in [0.717, 1.165) is 13.2 Å². The molecule has 1 aliphatic rings. The molecule has 3 heteroatoms. The lowest BCUT2D eigenvalue weighted by Gasteiger charge is -1.76. The van der Waals surface area contributed by atoms with E-state index in [2.05, 4.69) is 4.74 Å². The van der Waals surface area contributed by atoms with Crippen LogP contribution in [0.25, 0.3) is 0 Å². The summed E-state index contributed by atoms with van der Waals surface area (Å²) < 4.78 is 13.7. The van der Waals surface area contributed by atoms with Crippen LogP contribution in [0.5, 0.6) is 0 Å². The Kier molecular flexibility index (Phi) is 6.78. The van der Waals surface area contributed by atoms with Crippen molar-refractivity contribution in [2.75, 3.05) is 34.2 Å². The molecule has 1 rings (SSSR count). The minimum Gasteiger partial charge on any atom is -0.388 e. The van der Waals surface area contributed by atoms with E-state index in [1.165, 1.54) is 0 Å². The first-order chi connectivity index (χ1) is 3.91. The Morgan fingerprint density at radius 3 is 1.62 bits per heavy atom. The van der Waals surface area contributed by atoms with Gasteiger partial charge in [0.25, 0.3) is 0 Å². The van der Waals surface area contributed by atoms with Crippen LogP contribution in [-0.4, -0.2) is 34.2 Å². The predicted octanol–water partition coefficient (Wildman–Crippen LogP) is 0.253. The maximum absolute atomic E-state index is 4.72. The van der Waals surface area contributed by atoms with Crippen molar-refractivity contribution in [2.24, 2.45) is 0 Å². The normalized spacial score (nSPS) is 17.2. The third kappa shape index (κ3) is 5.88. The Labute approximate surface area is 49.5 Å². The summed E-state index contributed by atoms with van der Waals surface area (Å²) in [5.41, 5.74) is 0. The van der Waals surface area contributed by atoms with Gasteiger partial charge < -0.3 is 14.2 Å². The molecule has 50 valence electrons. The van der Waals surface area contributed by atoms with Gasteiger partial charge in [-0.05, 0) is 0 Å². The molecule has 1 heterocycles. The van der Waals surface area contributed by atoms with Crippen LogP contribution in [0, 0.1) is 0 Å². The van der Waals surface area contributed by atoms with Gasteiger partial charge in [0.2, 0.25) is 0 Å². The average molecular weight is 120 g/mol. The number of methoxy groups -OCH3 is 1. The van der Waals surface area contributed by atoms with Gasteiger partial charge in [-0.1, -0.05) is 0 Å². The Bertz CT molecular complexity index is 27.0. The van der Waals surface area contributed by atoms with Gasteiger partial charge in [0.15, 0.2) is 0 Å². The van der Waals surface area contributed by atoms with E-state index in [0.29, 0.717) is 6.79 Å². The van der Waals surface area contributed by atoms with Crippen molar-refractivity contribution in [3.8, 4) is 0 Å². The fraction of sp³-hybridized carbons (Fsp3) is 1.00. The maximum Gasteiger partial charge on any atom is 0.146 e. The molecule has 0 aromatic carbocycles. The second kappa shape index (κ2) is 6.88. The SMILES string of the molecule is C1COCO1.COC. The van der Waals surface area contributed by atoms with E-state index in [9.17, 15) is 0 Å². The van der Waals surface area contributed by atoms with Gasteiger partial charge in [-0.3, -0.25) is 0 Å². The zero-order chi connectivity index (χ0) is 6.24. The van der Waals surface area contributed by atoms with Gasteiger partial charge in [0.05, 0.1) is 13.2 Å². The summed E-state index contributed by atoms with van der Waals surface area (Å²) in [5, 5.41) is 0. The van der Waals surface area contributed by atoms with Crippen molar-refractivity contribution in [1.82, 2.24) is 0 Å². The molecule has 0 spiro atoms. The van der Waals surface area contributed by atoms with Crippen molar-refractivity contribution in [1.29, 1.82) is 0 Å². The molecule has 3 nitrogen and oxygen atoms in total. The minimum absolute atomic E-state index is 0.500. The number of hydrogen-bond donors (Lipinski definition) is 0. The largest absolute Gasteiger partial charge is 0.388 e. The van der Waals surface area contributed by atoms with Crippen molar-refractivity contribution in [2.45, 2.75) is 0 Å². The lowest BCUT2D eigenvalue weighted by atomic mass is 10.8. The molecule has 0 unspecified atom stereocenters. The zero-order valence-electron chi connectivity index (χ0n) is 5.35. The molecule has 1 aliphatic heterocycles. The minimum atomic E-state index is 0.500. The fourth-order valence-electron chi connectivity index (χ4n) is 0.295. The van der Waals surface area contributed by atoms with Gasteiger partial charge in [-0.2, -0.15) is 0 Å². The van der Waals surface area contributed by atoms with Crippen molar-refractivity contribution < 1.29 is 14.2 Å². The van der Waals surface area contributed by atoms with Crippen molar-refractivity contribution in [3.63, 3.8) is 0 Å². The summed E-state index contributed by atoms with van der Waals surface area (Å²) in [6.45, 7) is 2.06. The number of hydrogen-bond acceptors (Lipinski definition) is 3. The Morgan fingerprint density at radius 1 is 1.12 bits per heavy atom. The second-order valence-electron chi connectivity index (χ2n) is 1.34. The van der Waals surface area contributed by atoms with E-state index in [-0.39, 0.29) is 0 Å². The quantitative estimate of drug-likeness (QED) is 0.458. The van der Waals surface area contributed by atoms with Crippen LogP contribution >= 0.6 is 0 Å². The topological polar surface area (TPSA) is 27.7 Å². The third-order valence-corrected chi connectivity index (χ3v) is 0.539. The summed E-state index contributed by atoms with van der Waals surface area (Å²) in [7, 11) is 3.25. The lowest BCUT2D eigenvalue weighted by molar-refractivity contribution is 0.0692. The molecular formula is C5H12O3. The molecule has 1 fully saturated rings. The Hall–Kier alpha value is -0.120. The highest BCUT2D eigenvalue weighted by molar-refractivity contribution is 4.28. The highest BCUT2D eigenvalue weighted by Crippen LogP contribution is 1.85. The van der Waals surface area contributed by atoms with Gasteiger partial charge in [-0.25, -0.2) is 0 Å². The summed E-state index contributed by atoms with van der Waals surface area (Å²) in [4.78, 5) is 0. The van der Waals surface area contributed by atoms with Gasteiger partial charge >= 0.3 is 0 Å². The zero-order valence-corrected chi connectivity index (χ0v) is 5.35. The molecule has 1 saturated heterocycles. The van der Waals surface area contributed by atoms with E-state index in [1.807, 2.05) is 0 Å². The molecule has 8 heavy (non-hydrogen) atoms. The summed E-state index contributed by atoms with van der Waals surface area (Å²) >= 11 is 0. The molecule has 0 aromatic rings. The Morgan fingerprint density at radius 2 is 1.50 bits per heavy atom. The van der Waals surface area contributed by atoms with E-state index >= 15 is 0 Å². The predicted molar refractivity (Wildman–Crippen MR) is 29.7 cm³/mol.